The van der Waals surface area contributed by atoms with Gasteiger partial charge in [-0.3, -0.25) is 0 Å². The van der Waals surface area contributed by atoms with Crippen molar-refractivity contribution in [1.82, 2.24) is 20.0 Å². The molecule has 6 nitrogen and oxygen atoms in total. The second-order valence-corrected chi connectivity index (χ2v) is 6.34. The molecule has 0 amide bonds. The third-order valence-electron chi connectivity index (χ3n) is 3.80. The highest BCUT2D eigenvalue weighted by atomic mass is 32.1. The van der Waals surface area contributed by atoms with Gasteiger partial charge in [0.2, 0.25) is 0 Å². The fourth-order valence-corrected chi connectivity index (χ4v) is 3.43. The maximum absolute atomic E-state index is 5.38. The average Bonchev–Trinajstić information content (AvgIpc) is 3.25. The normalized spacial score (nSPS) is 15.1. The van der Waals surface area contributed by atoms with E-state index in [0.29, 0.717) is 0 Å². The van der Waals surface area contributed by atoms with E-state index in [1.807, 2.05) is 23.7 Å². The highest BCUT2D eigenvalue weighted by Crippen LogP contribution is 2.27. The van der Waals surface area contributed by atoms with E-state index in [1.165, 1.54) is 5.56 Å². The molecule has 1 saturated heterocycles. The Bertz CT molecular complexity index is 806. The van der Waals surface area contributed by atoms with Crippen LogP contribution in [0.1, 0.15) is 5.56 Å². The number of aryl methyl sites for hydroxylation is 1. The lowest BCUT2D eigenvalue weighted by Crippen LogP contribution is -2.36. The second-order valence-electron chi connectivity index (χ2n) is 5.50. The quantitative estimate of drug-likeness (QED) is 0.740. The summed E-state index contributed by atoms with van der Waals surface area (Å²) < 4.78 is 7.17. The van der Waals surface area contributed by atoms with E-state index in [4.69, 9.17) is 9.72 Å². The van der Waals surface area contributed by atoms with E-state index < -0.39 is 0 Å². The van der Waals surface area contributed by atoms with E-state index >= 15 is 0 Å². The van der Waals surface area contributed by atoms with Gasteiger partial charge in [0.05, 0.1) is 25.1 Å². The van der Waals surface area contributed by atoms with Crippen LogP contribution in [-0.4, -0.2) is 46.3 Å². The van der Waals surface area contributed by atoms with Crippen LogP contribution in [0.3, 0.4) is 0 Å². The van der Waals surface area contributed by atoms with Crippen LogP contribution in [0.5, 0.6) is 0 Å². The highest BCUT2D eigenvalue weighted by molar-refractivity contribution is 7.14. The Balaban J connectivity index is 1.58. The summed E-state index contributed by atoms with van der Waals surface area (Å²) in [6.07, 6.45) is 1.92. The molecule has 2 aromatic heterocycles. The fraction of sp³-hybridized carbons (Fsp3) is 0.312. The zero-order chi connectivity index (χ0) is 15.6. The van der Waals surface area contributed by atoms with Gasteiger partial charge in [-0.2, -0.15) is 0 Å². The van der Waals surface area contributed by atoms with Crippen molar-refractivity contribution in [3.63, 3.8) is 0 Å². The van der Waals surface area contributed by atoms with Crippen molar-refractivity contribution in [3.8, 4) is 17.1 Å². The fourth-order valence-electron chi connectivity index (χ4n) is 2.56. The van der Waals surface area contributed by atoms with Gasteiger partial charge in [-0.05, 0) is 24.6 Å². The van der Waals surface area contributed by atoms with Crippen molar-refractivity contribution in [3.05, 3.63) is 41.4 Å². The molecule has 3 heterocycles. The molecule has 1 aliphatic rings. The molecule has 0 radical (unpaired) electrons. The third-order valence-corrected chi connectivity index (χ3v) is 4.70. The van der Waals surface area contributed by atoms with Crippen molar-refractivity contribution in [1.29, 1.82) is 0 Å². The van der Waals surface area contributed by atoms with E-state index in [2.05, 4.69) is 34.3 Å². The van der Waals surface area contributed by atoms with Crippen molar-refractivity contribution < 1.29 is 4.74 Å². The Hall–Kier alpha value is -2.25. The molecular formula is C16H17N5OS. The second kappa shape index (κ2) is 6.10. The minimum Gasteiger partial charge on any atom is -0.378 e. The number of hydrogen-bond acceptors (Lipinski definition) is 6. The number of nitrogens with zero attached hydrogens (tertiary/aromatic N) is 5. The monoisotopic (exact) mass is 327 g/mol. The number of morpholine rings is 1. The number of ether oxygens (including phenoxy) is 1. The highest BCUT2D eigenvalue weighted by Gasteiger charge is 2.16. The number of thiazole rings is 1. The van der Waals surface area contributed by atoms with Gasteiger partial charge in [0.15, 0.2) is 5.13 Å². The molecule has 23 heavy (non-hydrogen) atoms. The SMILES string of the molecule is Cc1cccc(-n2cc(-c3csc(N4CCOCC4)n3)nn2)c1. The van der Waals surface area contributed by atoms with Gasteiger partial charge in [-0.1, -0.05) is 17.3 Å². The first-order valence-electron chi connectivity index (χ1n) is 7.57. The van der Waals surface area contributed by atoms with Crippen LogP contribution in [0.25, 0.3) is 17.1 Å². The van der Waals surface area contributed by atoms with Gasteiger partial charge in [0, 0.05) is 18.5 Å². The van der Waals surface area contributed by atoms with Gasteiger partial charge in [-0.25, -0.2) is 9.67 Å². The lowest BCUT2D eigenvalue weighted by Gasteiger charge is -2.25. The molecular weight excluding hydrogens is 310 g/mol. The van der Waals surface area contributed by atoms with Gasteiger partial charge >= 0.3 is 0 Å². The van der Waals surface area contributed by atoms with Gasteiger partial charge in [0.25, 0.3) is 0 Å². The molecule has 3 aromatic rings. The molecule has 0 aliphatic carbocycles. The molecule has 4 rings (SSSR count). The van der Waals surface area contributed by atoms with Crippen molar-refractivity contribution >= 4 is 16.5 Å². The first-order chi connectivity index (χ1) is 11.3. The van der Waals surface area contributed by atoms with E-state index in [9.17, 15) is 0 Å². The summed E-state index contributed by atoms with van der Waals surface area (Å²) in [6, 6.07) is 8.19. The van der Waals surface area contributed by atoms with Gasteiger partial charge in [0.1, 0.15) is 11.4 Å². The molecule has 7 heteroatoms. The summed E-state index contributed by atoms with van der Waals surface area (Å²) >= 11 is 1.64. The summed E-state index contributed by atoms with van der Waals surface area (Å²) in [5.74, 6) is 0. The Kier molecular flexibility index (Phi) is 3.80. The Morgan fingerprint density at radius 1 is 1.17 bits per heavy atom. The van der Waals surface area contributed by atoms with Gasteiger partial charge in [-0.15, -0.1) is 16.4 Å². The predicted molar refractivity (Wildman–Crippen MR) is 90.2 cm³/mol. The maximum atomic E-state index is 5.38. The molecule has 1 aromatic carbocycles. The van der Waals surface area contributed by atoms with Crippen LogP contribution in [0, 0.1) is 6.92 Å². The lowest BCUT2D eigenvalue weighted by molar-refractivity contribution is 0.122. The van der Waals surface area contributed by atoms with Gasteiger partial charge < -0.3 is 9.64 Å². The molecule has 0 atom stereocenters. The van der Waals surface area contributed by atoms with Crippen LogP contribution < -0.4 is 4.90 Å². The van der Waals surface area contributed by atoms with E-state index in [1.54, 1.807) is 16.0 Å². The molecule has 1 aliphatic heterocycles. The topological polar surface area (TPSA) is 56.1 Å². The van der Waals surface area contributed by atoms with Crippen LogP contribution in [0.2, 0.25) is 0 Å². The van der Waals surface area contributed by atoms with E-state index in [0.717, 1.165) is 48.5 Å². The molecule has 0 saturated carbocycles. The van der Waals surface area contributed by atoms with Crippen LogP contribution in [0.15, 0.2) is 35.8 Å². The number of hydrogen-bond donors (Lipinski definition) is 0. The minimum absolute atomic E-state index is 0.762. The summed E-state index contributed by atoms with van der Waals surface area (Å²) in [5.41, 5.74) is 3.87. The van der Waals surface area contributed by atoms with Crippen molar-refractivity contribution in [2.75, 3.05) is 31.2 Å². The van der Waals surface area contributed by atoms with E-state index in [-0.39, 0.29) is 0 Å². The maximum Gasteiger partial charge on any atom is 0.186 e. The first kappa shape index (κ1) is 14.3. The zero-order valence-electron chi connectivity index (χ0n) is 12.8. The molecule has 0 bridgehead atoms. The zero-order valence-corrected chi connectivity index (χ0v) is 13.7. The van der Waals surface area contributed by atoms with Crippen molar-refractivity contribution in [2.45, 2.75) is 6.92 Å². The Morgan fingerprint density at radius 2 is 2.04 bits per heavy atom. The van der Waals surface area contributed by atoms with Crippen LogP contribution in [-0.2, 0) is 4.74 Å². The number of anilines is 1. The lowest BCUT2D eigenvalue weighted by atomic mass is 10.2. The number of benzene rings is 1. The molecule has 0 unspecified atom stereocenters. The summed E-state index contributed by atoms with van der Waals surface area (Å²) in [7, 11) is 0. The molecule has 0 N–H and O–H groups in total. The summed E-state index contributed by atoms with van der Waals surface area (Å²) in [6.45, 7) is 5.37. The minimum atomic E-state index is 0.762. The van der Waals surface area contributed by atoms with Crippen LogP contribution >= 0.6 is 11.3 Å². The predicted octanol–water partition coefficient (Wildman–Crippen LogP) is 2.54. The summed E-state index contributed by atoms with van der Waals surface area (Å²) in [4.78, 5) is 6.95. The standard InChI is InChI=1S/C16H17N5OS/c1-12-3-2-4-13(9-12)21-10-14(18-19-21)15-11-23-16(17-15)20-5-7-22-8-6-20/h2-4,9-11H,5-8H2,1H3. The van der Waals surface area contributed by atoms with Crippen molar-refractivity contribution in [2.24, 2.45) is 0 Å². The molecule has 118 valence electrons. The first-order valence-corrected chi connectivity index (χ1v) is 8.45. The third kappa shape index (κ3) is 2.97. The average molecular weight is 327 g/mol. The number of rotatable bonds is 3. The molecule has 0 spiro atoms. The largest absolute Gasteiger partial charge is 0.378 e. The number of aromatic nitrogens is 4. The Labute approximate surface area is 138 Å². The smallest absolute Gasteiger partial charge is 0.186 e. The van der Waals surface area contributed by atoms with Crippen LogP contribution in [0.4, 0.5) is 5.13 Å². The Morgan fingerprint density at radius 3 is 2.87 bits per heavy atom. The summed E-state index contributed by atoms with van der Waals surface area (Å²) in [5, 5.41) is 11.5. The molecule has 1 fully saturated rings.